The molecule has 0 amide bonds. The molecule has 0 N–H and O–H groups in total. The highest BCUT2D eigenvalue weighted by molar-refractivity contribution is 9.09. The first-order valence-electron chi connectivity index (χ1n) is 5.70. The molecule has 1 aliphatic heterocycles. The van der Waals surface area contributed by atoms with Crippen LogP contribution in [0.25, 0.3) is 0 Å². The summed E-state index contributed by atoms with van der Waals surface area (Å²) in [7, 11) is 2.22. The van der Waals surface area contributed by atoms with Crippen molar-refractivity contribution in [3.05, 3.63) is 29.8 Å². The first-order chi connectivity index (χ1) is 7.72. The van der Waals surface area contributed by atoms with E-state index in [1.165, 1.54) is 10.6 Å². The maximum atomic E-state index is 3.55. The predicted molar refractivity (Wildman–Crippen MR) is 75.8 cm³/mol. The van der Waals surface area contributed by atoms with Crippen molar-refractivity contribution < 1.29 is 0 Å². The zero-order valence-electron chi connectivity index (χ0n) is 9.82. The molecule has 0 fully saturated rings. The molecule has 0 saturated carbocycles. The molecule has 2 atom stereocenters. The van der Waals surface area contributed by atoms with Gasteiger partial charge in [-0.05, 0) is 25.6 Å². The fourth-order valence-corrected chi connectivity index (χ4v) is 3.76. The lowest BCUT2D eigenvalue weighted by Gasteiger charge is -2.26. The number of fused-ring (bicyclic) bond motifs is 1. The zero-order valence-corrected chi connectivity index (χ0v) is 12.2. The van der Waals surface area contributed by atoms with Gasteiger partial charge in [0.2, 0.25) is 0 Å². The van der Waals surface area contributed by atoms with E-state index in [-0.39, 0.29) is 0 Å². The summed E-state index contributed by atoms with van der Waals surface area (Å²) in [6.45, 7) is 3.43. The van der Waals surface area contributed by atoms with E-state index in [0.29, 0.717) is 12.0 Å². The molecule has 0 aliphatic carbocycles. The number of thioether (sulfide) groups is 1. The van der Waals surface area contributed by atoms with Crippen molar-refractivity contribution in [2.75, 3.05) is 24.7 Å². The van der Waals surface area contributed by atoms with Crippen LogP contribution in [0.3, 0.4) is 0 Å². The van der Waals surface area contributed by atoms with Crippen LogP contribution in [0, 0.1) is 0 Å². The van der Waals surface area contributed by atoms with Crippen LogP contribution in [0.2, 0.25) is 0 Å². The van der Waals surface area contributed by atoms with Gasteiger partial charge < -0.3 is 4.90 Å². The fraction of sp³-hybridized carbons (Fsp3) is 0.538. The summed E-state index contributed by atoms with van der Waals surface area (Å²) in [4.78, 5) is 3.93. The van der Waals surface area contributed by atoms with E-state index in [0.717, 1.165) is 11.9 Å². The van der Waals surface area contributed by atoms with Crippen molar-refractivity contribution in [1.82, 2.24) is 4.90 Å². The van der Waals surface area contributed by atoms with Crippen LogP contribution in [0.4, 0.5) is 0 Å². The van der Waals surface area contributed by atoms with Crippen LogP contribution in [0.15, 0.2) is 29.2 Å². The maximum absolute atomic E-state index is 3.55. The van der Waals surface area contributed by atoms with E-state index in [9.17, 15) is 0 Å². The Hall–Kier alpha value is 0.0100. The molecule has 1 aromatic rings. The van der Waals surface area contributed by atoms with Crippen LogP contribution >= 0.6 is 27.7 Å². The molecule has 0 spiro atoms. The minimum Gasteiger partial charge on any atom is -0.302 e. The zero-order chi connectivity index (χ0) is 11.5. The second kappa shape index (κ2) is 5.56. The molecule has 0 bridgehead atoms. The van der Waals surface area contributed by atoms with Gasteiger partial charge in [0.1, 0.15) is 0 Å². The summed E-state index contributed by atoms with van der Waals surface area (Å²) >= 11 is 5.55. The number of nitrogens with zero attached hydrogens (tertiary/aromatic N) is 1. The molecule has 0 aromatic heterocycles. The van der Waals surface area contributed by atoms with Gasteiger partial charge in [-0.3, -0.25) is 0 Å². The van der Waals surface area contributed by atoms with E-state index in [1.807, 2.05) is 11.8 Å². The van der Waals surface area contributed by atoms with Crippen LogP contribution in [0.5, 0.6) is 0 Å². The van der Waals surface area contributed by atoms with E-state index in [4.69, 9.17) is 0 Å². The van der Waals surface area contributed by atoms with Crippen molar-refractivity contribution >= 4 is 27.7 Å². The van der Waals surface area contributed by atoms with Gasteiger partial charge in [-0.15, -0.1) is 11.8 Å². The standard InChI is InChI=1S/C13H18BrNS/c1-10(7-14)15(2)8-11-9-16-13-6-4-3-5-12(11)13/h3-6,10-11H,7-9H2,1-2H3. The lowest BCUT2D eigenvalue weighted by molar-refractivity contribution is 0.267. The summed E-state index contributed by atoms with van der Waals surface area (Å²) in [6, 6.07) is 9.43. The molecule has 1 heterocycles. The Morgan fingerprint density at radius 3 is 3.00 bits per heavy atom. The van der Waals surface area contributed by atoms with Crippen molar-refractivity contribution in [3.63, 3.8) is 0 Å². The Labute approximate surface area is 111 Å². The second-order valence-corrected chi connectivity index (χ2v) is 6.20. The quantitative estimate of drug-likeness (QED) is 0.782. The number of alkyl halides is 1. The third-order valence-electron chi connectivity index (χ3n) is 3.28. The van der Waals surface area contributed by atoms with Crippen LogP contribution in [-0.2, 0) is 0 Å². The maximum Gasteiger partial charge on any atom is 0.0185 e. The molecule has 0 radical (unpaired) electrons. The third-order valence-corrected chi connectivity index (χ3v) is 5.47. The van der Waals surface area contributed by atoms with Gasteiger partial charge >= 0.3 is 0 Å². The highest BCUT2D eigenvalue weighted by Crippen LogP contribution is 2.39. The summed E-state index contributed by atoms with van der Waals surface area (Å²) < 4.78 is 0. The molecule has 1 nitrogen and oxygen atoms in total. The normalized spacial score (nSPS) is 21.1. The Bertz CT molecular complexity index is 356. The number of halogens is 1. The Morgan fingerprint density at radius 2 is 2.25 bits per heavy atom. The van der Waals surface area contributed by atoms with Crippen LogP contribution < -0.4 is 0 Å². The van der Waals surface area contributed by atoms with Gasteiger partial charge in [0.25, 0.3) is 0 Å². The number of hydrogen-bond acceptors (Lipinski definition) is 2. The van der Waals surface area contributed by atoms with Crippen molar-refractivity contribution in [3.8, 4) is 0 Å². The number of benzene rings is 1. The minimum atomic E-state index is 0.609. The molecular weight excluding hydrogens is 282 g/mol. The summed E-state index contributed by atoms with van der Waals surface area (Å²) in [5.74, 6) is 1.94. The Morgan fingerprint density at radius 1 is 1.50 bits per heavy atom. The molecule has 3 heteroatoms. The van der Waals surface area contributed by atoms with Gasteiger partial charge in [0.05, 0.1) is 0 Å². The molecule has 16 heavy (non-hydrogen) atoms. The third kappa shape index (κ3) is 2.63. The van der Waals surface area contributed by atoms with Gasteiger partial charge in [0.15, 0.2) is 0 Å². The average molecular weight is 300 g/mol. The van der Waals surface area contributed by atoms with E-state index < -0.39 is 0 Å². The van der Waals surface area contributed by atoms with E-state index in [1.54, 1.807) is 5.56 Å². The first-order valence-corrected chi connectivity index (χ1v) is 7.81. The van der Waals surface area contributed by atoms with Gasteiger partial charge in [-0.2, -0.15) is 0 Å². The van der Waals surface area contributed by atoms with E-state index in [2.05, 4.69) is 59.1 Å². The molecule has 2 unspecified atom stereocenters. The monoisotopic (exact) mass is 299 g/mol. The molecular formula is C13H18BrNS. The highest BCUT2D eigenvalue weighted by Gasteiger charge is 2.24. The molecule has 1 aliphatic rings. The predicted octanol–water partition coefficient (Wildman–Crippen LogP) is 3.59. The fourth-order valence-electron chi connectivity index (χ4n) is 2.03. The summed E-state index contributed by atoms with van der Waals surface area (Å²) in [5, 5.41) is 1.05. The second-order valence-electron chi connectivity index (χ2n) is 4.49. The SMILES string of the molecule is CC(CBr)N(C)CC1CSc2ccccc21. The molecule has 2 rings (SSSR count). The minimum absolute atomic E-state index is 0.609. The number of likely N-dealkylation sites (N-methyl/N-ethyl adjacent to an activating group) is 1. The molecule has 1 aromatic carbocycles. The molecule has 0 saturated heterocycles. The van der Waals surface area contributed by atoms with Gasteiger partial charge in [-0.1, -0.05) is 34.1 Å². The summed E-state index contributed by atoms with van der Waals surface area (Å²) in [6.07, 6.45) is 0. The van der Waals surface area contributed by atoms with Crippen LogP contribution in [-0.4, -0.2) is 35.6 Å². The molecule has 88 valence electrons. The number of rotatable bonds is 4. The Balaban J connectivity index is 2.03. The smallest absolute Gasteiger partial charge is 0.0185 e. The highest BCUT2D eigenvalue weighted by atomic mass is 79.9. The van der Waals surface area contributed by atoms with Gasteiger partial charge in [-0.25, -0.2) is 0 Å². The van der Waals surface area contributed by atoms with Crippen molar-refractivity contribution in [2.24, 2.45) is 0 Å². The lowest BCUT2D eigenvalue weighted by atomic mass is 10.0. The summed E-state index contributed by atoms with van der Waals surface area (Å²) in [5.41, 5.74) is 1.54. The van der Waals surface area contributed by atoms with Crippen LogP contribution in [0.1, 0.15) is 18.4 Å². The Kier molecular flexibility index (Phi) is 4.34. The lowest BCUT2D eigenvalue weighted by Crippen LogP contribution is -2.34. The first kappa shape index (κ1) is 12.5. The van der Waals surface area contributed by atoms with Crippen molar-refractivity contribution in [2.45, 2.75) is 23.8 Å². The number of hydrogen-bond donors (Lipinski definition) is 0. The topological polar surface area (TPSA) is 3.24 Å². The largest absolute Gasteiger partial charge is 0.302 e. The van der Waals surface area contributed by atoms with Gasteiger partial charge in [0, 0.05) is 34.5 Å². The van der Waals surface area contributed by atoms with E-state index >= 15 is 0 Å². The van der Waals surface area contributed by atoms with Crippen molar-refractivity contribution in [1.29, 1.82) is 0 Å². The average Bonchev–Trinajstić information content (AvgIpc) is 2.72.